The lowest BCUT2D eigenvalue weighted by Gasteiger charge is -2.27. The minimum absolute atomic E-state index is 0.874. The van der Waals surface area contributed by atoms with Crippen LogP contribution in [0.5, 0.6) is 0 Å². The summed E-state index contributed by atoms with van der Waals surface area (Å²) in [5, 5.41) is 5.04. The summed E-state index contributed by atoms with van der Waals surface area (Å²) in [6.45, 7) is 6.54. The molecule has 0 spiro atoms. The Labute approximate surface area is 403 Å². The standard InChI is InChI=1S/C65H48N2S/c1-3-4-6-14-46(2)66(56-36-27-50(28-37-56)49-25-23-48(24-26-49)47-15-7-5-8-16-47)57-38-29-51(30-39-57)52-31-40-58(41-32-52)67(63-21-13-18-54-17-9-10-19-60(54)63)59-42-33-53(34-43-59)55-35-44-65-62(45-55)61-20-11-12-22-64(61)68-65/h3-45H,2H2,1H3. The first-order valence-electron chi connectivity index (χ1n) is 23.1. The van der Waals surface area contributed by atoms with Gasteiger partial charge in [-0.2, -0.15) is 0 Å². The number of hydrogen-bond donors (Lipinski definition) is 0. The molecule has 2 nitrogen and oxygen atoms in total. The van der Waals surface area contributed by atoms with E-state index in [1.54, 1.807) is 0 Å². The number of rotatable bonds is 12. The molecule has 0 aliphatic rings. The molecule has 11 rings (SSSR count). The molecule has 0 unspecified atom stereocenters. The Morgan fingerprint density at radius 3 is 1.41 bits per heavy atom. The van der Waals surface area contributed by atoms with Gasteiger partial charge in [-0.05, 0) is 136 Å². The maximum absolute atomic E-state index is 4.51. The van der Waals surface area contributed by atoms with E-state index in [4.69, 9.17) is 0 Å². The number of benzene rings is 10. The fourth-order valence-electron chi connectivity index (χ4n) is 9.27. The largest absolute Gasteiger partial charge is 0.311 e. The molecule has 0 fully saturated rings. The molecule has 1 heterocycles. The van der Waals surface area contributed by atoms with Gasteiger partial charge >= 0.3 is 0 Å². The fourth-order valence-corrected chi connectivity index (χ4v) is 10.4. The van der Waals surface area contributed by atoms with E-state index in [-0.39, 0.29) is 0 Å². The second kappa shape index (κ2) is 18.8. The molecule has 0 atom stereocenters. The van der Waals surface area contributed by atoms with Crippen molar-refractivity contribution in [2.75, 3.05) is 9.80 Å². The molecule has 3 heteroatoms. The molecule has 0 bridgehead atoms. The third kappa shape index (κ3) is 8.44. The van der Waals surface area contributed by atoms with E-state index in [2.05, 4.69) is 259 Å². The lowest BCUT2D eigenvalue weighted by molar-refractivity contribution is 1.22. The number of hydrogen-bond acceptors (Lipinski definition) is 3. The van der Waals surface area contributed by atoms with Crippen LogP contribution in [-0.2, 0) is 0 Å². The van der Waals surface area contributed by atoms with Crippen LogP contribution < -0.4 is 9.80 Å². The second-order valence-corrected chi connectivity index (χ2v) is 18.1. The third-order valence-corrected chi connectivity index (χ3v) is 13.9. The van der Waals surface area contributed by atoms with Crippen molar-refractivity contribution >= 4 is 70.7 Å². The first kappa shape index (κ1) is 42.2. The minimum Gasteiger partial charge on any atom is -0.311 e. The Hall–Kier alpha value is -8.50. The highest BCUT2D eigenvalue weighted by Crippen LogP contribution is 2.42. The van der Waals surface area contributed by atoms with Gasteiger partial charge < -0.3 is 9.80 Å². The van der Waals surface area contributed by atoms with E-state index in [1.165, 1.54) is 64.3 Å². The van der Waals surface area contributed by atoms with Crippen molar-refractivity contribution in [1.29, 1.82) is 0 Å². The van der Waals surface area contributed by atoms with Crippen molar-refractivity contribution in [2.24, 2.45) is 0 Å². The average Bonchev–Trinajstić information content (AvgIpc) is 3.78. The van der Waals surface area contributed by atoms with Crippen molar-refractivity contribution in [3.8, 4) is 44.5 Å². The van der Waals surface area contributed by atoms with Crippen LogP contribution in [0.3, 0.4) is 0 Å². The molecule has 0 saturated carbocycles. The van der Waals surface area contributed by atoms with E-state index in [0.29, 0.717) is 0 Å². The highest BCUT2D eigenvalue weighted by molar-refractivity contribution is 7.25. The highest BCUT2D eigenvalue weighted by Gasteiger charge is 2.17. The second-order valence-electron chi connectivity index (χ2n) is 17.0. The lowest BCUT2D eigenvalue weighted by atomic mass is 10.00. The summed E-state index contributed by atoms with van der Waals surface area (Å²) in [5.41, 5.74) is 15.8. The van der Waals surface area contributed by atoms with Gasteiger partial charge in [0.15, 0.2) is 0 Å². The average molecular weight is 889 g/mol. The smallest absolute Gasteiger partial charge is 0.0540 e. The molecule has 11 aromatic rings. The van der Waals surface area contributed by atoms with Crippen molar-refractivity contribution in [1.82, 2.24) is 0 Å². The molecule has 0 aliphatic carbocycles. The van der Waals surface area contributed by atoms with Gasteiger partial charge in [0, 0.05) is 54.0 Å². The number of anilines is 5. The molecule has 0 aliphatic heterocycles. The van der Waals surface area contributed by atoms with Gasteiger partial charge in [0.25, 0.3) is 0 Å². The summed E-state index contributed by atoms with van der Waals surface area (Å²) < 4.78 is 2.64. The predicted molar refractivity (Wildman–Crippen MR) is 295 cm³/mol. The Morgan fingerprint density at radius 2 is 0.824 bits per heavy atom. The summed E-state index contributed by atoms with van der Waals surface area (Å²) in [6.07, 6.45) is 8.15. The SMILES string of the molecule is C=C(C=CC=CC)N(c1ccc(-c2ccc(-c3ccccc3)cc2)cc1)c1ccc(-c2ccc(N(c3ccc(-c4ccc5sc6ccccc6c5c4)cc3)c3cccc4ccccc34)cc2)cc1. The van der Waals surface area contributed by atoms with Crippen molar-refractivity contribution in [3.05, 3.63) is 273 Å². The summed E-state index contributed by atoms with van der Waals surface area (Å²) in [6, 6.07) is 85.6. The Kier molecular flexibility index (Phi) is 11.6. The van der Waals surface area contributed by atoms with E-state index >= 15 is 0 Å². The molecular weight excluding hydrogens is 841 g/mol. The molecule has 1 aromatic heterocycles. The first-order valence-corrected chi connectivity index (χ1v) is 23.9. The lowest BCUT2D eigenvalue weighted by Crippen LogP contribution is -2.14. The number of allylic oxidation sites excluding steroid dienone is 4. The van der Waals surface area contributed by atoms with Crippen LogP contribution in [0.2, 0.25) is 0 Å². The van der Waals surface area contributed by atoms with Gasteiger partial charge in [0.05, 0.1) is 5.69 Å². The summed E-state index contributed by atoms with van der Waals surface area (Å²) in [4.78, 5) is 4.59. The van der Waals surface area contributed by atoms with Crippen molar-refractivity contribution in [3.63, 3.8) is 0 Å². The van der Waals surface area contributed by atoms with Crippen LogP contribution in [0, 0.1) is 0 Å². The topological polar surface area (TPSA) is 6.48 Å². The quantitative estimate of drug-likeness (QED) is 0.113. The molecule has 324 valence electrons. The molecule has 0 amide bonds. The van der Waals surface area contributed by atoms with Crippen molar-refractivity contribution < 1.29 is 0 Å². The van der Waals surface area contributed by atoms with E-state index in [0.717, 1.165) is 45.3 Å². The molecular formula is C65H48N2S. The zero-order valence-corrected chi connectivity index (χ0v) is 38.7. The van der Waals surface area contributed by atoms with Gasteiger partial charge in [-0.3, -0.25) is 0 Å². The number of fused-ring (bicyclic) bond motifs is 4. The molecule has 10 aromatic carbocycles. The Balaban J connectivity index is 0.883. The van der Waals surface area contributed by atoms with Crippen LogP contribution in [0.1, 0.15) is 6.92 Å². The number of thiophene rings is 1. The fraction of sp³-hybridized carbons (Fsp3) is 0.0154. The zero-order chi connectivity index (χ0) is 45.8. The third-order valence-electron chi connectivity index (χ3n) is 12.8. The van der Waals surface area contributed by atoms with Crippen LogP contribution in [-0.4, -0.2) is 0 Å². The number of nitrogens with zero attached hydrogens (tertiary/aromatic N) is 2. The monoisotopic (exact) mass is 888 g/mol. The summed E-state index contributed by atoms with van der Waals surface area (Å²) in [7, 11) is 0. The zero-order valence-electron chi connectivity index (χ0n) is 37.8. The van der Waals surface area contributed by atoms with Crippen LogP contribution in [0.25, 0.3) is 75.5 Å². The predicted octanol–water partition coefficient (Wildman–Crippen LogP) is 19.1. The normalized spacial score (nSPS) is 11.5. The first-order chi connectivity index (χ1) is 33.6. The van der Waals surface area contributed by atoms with Crippen LogP contribution >= 0.6 is 11.3 Å². The van der Waals surface area contributed by atoms with Crippen LogP contribution in [0.15, 0.2) is 273 Å². The molecule has 0 N–H and O–H groups in total. The minimum atomic E-state index is 0.874. The van der Waals surface area contributed by atoms with Gasteiger partial charge in [-0.1, -0.05) is 189 Å². The van der Waals surface area contributed by atoms with Crippen LogP contribution in [0.4, 0.5) is 28.4 Å². The van der Waals surface area contributed by atoms with Gasteiger partial charge in [0.2, 0.25) is 0 Å². The summed E-state index contributed by atoms with van der Waals surface area (Å²) >= 11 is 1.86. The molecule has 68 heavy (non-hydrogen) atoms. The molecule has 0 radical (unpaired) electrons. The van der Waals surface area contributed by atoms with E-state index in [9.17, 15) is 0 Å². The Morgan fingerprint density at radius 1 is 0.382 bits per heavy atom. The maximum Gasteiger partial charge on any atom is 0.0540 e. The highest BCUT2D eigenvalue weighted by atomic mass is 32.1. The van der Waals surface area contributed by atoms with Gasteiger partial charge in [0.1, 0.15) is 0 Å². The Bertz CT molecular complexity index is 3600. The summed E-state index contributed by atoms with van der Waals surface area (Å²) in [5.74, 6) is 0. The van der Waals surface area contributed by atoms with Gasteiger partial charge in [-0.25, -0.2) is 0 Å². The molecule has 0 saturated heterocycles. The van der Waals surface area contributed by atoms with E-state index in [1.807, 2.05) is 36.5 Å². The van der Waals surface area contributed by atoms with E-state index < -0.39 is 0 Å². The van der Waals surface area contributed by atoms with Gasteiger partial charge in [-0.15, -0.1) is 11.3 Å². The maximum atomic E-state index is 4.51. The van der Waals surface area contributed by atoms with Crippen molar-refractivity contribution in [2.45, 2.75) is 6.92 Å².